The van der Waals surface area contributed by atoms with Gasteiger partial charge in [0.1, 0.15) is 0 Å². The summed E-state index contributed by atoms with van der Waals surface area (Å²) in [6.07, 6.45) is 3.76. The van der Waals surface area contributed by atoms with Gasteiger partial charge in [-0.3, -0.25) is 9.59 Å². The second kappa shape index (κ2) is 4.04. The standard InChI is InChI=1S/C16H20O2/c1-15(2)5-6-16(3,4)14-8-12(10-18)11(9-17)7-13(14)15/h7-10H,5-6H2,1-4H3. The molecule has 0 aliphatic heterocycles. The molecule has 0 saturated carbocycles. The van der Waals surface area contributed by atoms with Gasteiger partial charge < -0.3 is 0 Å². The molecule has 2 heteroatoms. The lowest BCUT2D eigenvalue weighted by molar-refractivity contribution is 0.109. The Morgan fingerprint density at radius 3 is 1.44 bits per heavy atom. The Balaban J connectivity index is 2.75. The van der Waals surface area contributed by atoms with E-state index in [1.54, 1.807) is 0 Å². The first-order chi connectivity index (χ1) is 8.31. The van der Waals surface area contributed by atoms with Crippen LogP contribution in [0.2, 0.25) is 0 Å². The van der Waals surface area contributed by atoms with E-state index in [-0.39, 0.29) is 10.8 Å². The molecule has 0 saturated heterocycles. The van der Waals surface area contributed by atoms with E-state index < -0.39 is 0 Å². The number of carbonyl (C=O) groups excluding carboxylic acids is 2. The van der Waals surface area contributed by atoms with Crippen LogP contribution >= 0.6 is 0 Å². The van der Waals surface area contributed by atoms with Crippen molar-refractivity contribution in [1.29, 1.82) is 0 Å². The smallest absolute Gasteiger partial charge is 0.150 e. The predicted molar refractivity (Wildman–Crippen MR) is 72.5 cm³/mol. The molecule has 18 heavy (non-hydrogen) atoms. The van der Waals surface area contributed by atoms with Crippen LogP contribution in [-0.2, 0) is 10.8 Å². The van der Waals surface area contributed by atoms with Crippen LogP contribution < -0.4 is 0 Å². The molecular formula is C16H20O2. The average molecular weight is 244 g/mol. The van der Waals surface area contributed by atoms with Gasteiger partial charge in [-0.1, -0.05) is 27.7 Å². The quantitative estimate of drug-likeness (QED) is 0.744. The van der Waals surface area contributed by atoms with Crippen LogP contribution in [0, 0.1) is 0 Å². The lowest BCUT2D eigenvalue weighted by atomic mass is 9.62. The van der Waals surface area contributed by atoms with Crippen molar-refractivity contribution in [2.24, 2.45) is 0 Å². The molecule has 0 fully saturated rings. The number of fused-ring (bicyclic) bond motifs is 1. The number of benzene rings is 1. The summed E-state index contributed by atoms with van der Waals surface area (Å²) in [5.41, 5.74) is 3.59. The summed E-state index contributed by atoms with van der Waals surface area (Å²) < 4.78 is 0. The van der Waals surface area contributed by atoms with E-state index in [2.05, 4.69) is 27.7 Å². The Morgan fingerprint density at radius 2 is 1.17 bits per heavy atom. The fourth-order valence-corrected chi connectivity index (χ4v) is 2.85. The summed E-state index contributed by atoms with van der Waals surface area (Å²) in [6.45, 7) is 8.82. The molecule has 0 spiro atoms. The van der Waals surface area contributed by atoms with Crippen LogP contribution in [0.3, 0.4) is 0 Å². The first kappa shape index (κ1) is 13.0. The summed E-state index contributed by atoms with van der Waals surface area (Å²) in [5.74, 6) is 0. The van der Waals surface area contributed by atoms with Crippen LogP contribution in [-0.4, -0.2) is 12.6 Å². The van der Waals surface area contributed by atoms with Gasteiger partial charge in [0, 0.05) is 11.1 Å². The molecule has 0 bridgehead atoms. The van der Waals surface area contributed by atoms with Gasteiger partial charge in [0.15, 0.2) is 12.6 Å². The van der Waals surface area contributed by atoms with Crippen molar-refractivity contribution in [1.82, 2.24) is 0 Å². The van der Waals surface area contributed by atoms with Crippen molar-refractivity contribution in [2.45, 2.75) is 51.4 Å². The molecule has 1 aliphatic carbocycles. The number of carbonyl (C=O) groups is 2. The number of hydrogen-bond donors (Lipinski definition) is 0. The van der Waals surface area contributed by atoms with E-state index in [4.69, 9.17) is 0 Å². The molecule has 0 N–H and O–H groups in total. The molecule has 2 nitrogen and oxygen atoms in total. The minimum atomic E-state index is 0.0734. The molecule has 0 radical (unpaired) electrons. The molecular weight excluding hydrogens is 224 g/mol. The second-order valence-electron chi connectivity index (χ2n) is 6.53. The van der Waals surface area contributed by atoms with Gasteiger partial charge in [-0.25, -0.2) is 0 Å². The molecule has 0 amide bonds. The molecule has 2 rings (SSSR count). The fourth-order valence-electron chi connectivity index (χ4n) is 2.85. The normalized spacial score (nSPS) is 20.0. The van der Waals surface area contributed by atoms with Crippen LogP contribution in [0.25, 0.3) is 0 Å². The SMILES string of the molecule is CC1(C)CCC(C)(C)c2cc(C=O)c(C=O)cc21. The van der Waals surface area contributed by atoms with Gasteiger partial charge >= 0.3 is 0 Å². The molecule has 1 aliphatic rings. The summed E-state index contributed by atoms with van der Waals surface area (Å²) in [5, 5.41) is 0. The fraction of sp³-hybridized carbons (Fsp3) is 0.500. The van der Waals surface area contributed by atoms with E-state index >= 15 is 0 Å². The van der Waals surface area contributed by atoms with Crippen molar-refractivity contribution >= 4 is 12.6 Å². The number of aldehydes is 2. The first-order valence-electron chi connectivity index (χ1n) is 6.41. The Bertz CT molecular complexity index is 463. The maximum absolute atomic E-state index is 11.1. The summed E-state index contributed by atoms with van der Waals surface area (Å²) in [6, 6.07) is 3.82. The largest absolute Gasteiger partial charge is 0.298 e. The summed E-state index contributed by atoms with van der Waals surface area (Å²) in [7, 11) is 0. The zero-order valence-electron chi connectivity index (χ0n) is 11.5. The van der Waals surface area contributed by atoms with Crippen LogP contribution in [0.1, 0.15) is 72.4 Å². The van der Waals surface area contributed by atoms with Crippen LogP contribution in [0.4, 0.5) is 0 Å². The van der Waals surface area contributed by atoms with Crippen LogP contribution in [0.15, 0.2) is 12.1 Å². The van der Waals surface area contributed by atoms with E-state index in [0.29, 0.717) is 11.1 Å². The molecule has 0 aromatic heterocycles. The maximum atomic E-state index is 11.1. The van der Waals surface area contributed by atoms with E-state index in [1.807, 2.05) is 12.1 Å². The van der Waals surface area contributed by atoms with Gasteiger partial charge in [0.05, 0.1) is 0 Å². The van der Waals surface area contributed by atoms with Crippen molar-refractivity contribution in [3.63, 3.8) is 0 Å². The van der Waals surface area contributed by atoms with E-state index in [9.17, 15) is 9.59 Å². The highest BCUT2D eigenvalue weighted by Gasteiger charge is 2.37. The van der Waals surface area contributed by atoms with E-state index in [0.717, 1.165) is 25.4 Å². The summed E-state index contributed by atoms with van der Waals surface area (Å²) >= 11 is 0. The highest BCUT2D eigenvalue weighted by Crippen LogP contribution is 2.46. The highest BCUT2D eigenvalue weighted by molar-refractivity contribution is 5.91. The predicted octanol–water partition coefficient (Wildman–Crippen LogP) is 3.66. The van der Waals surface area contributed by atoms with Crippen molar-refractivity contribution in [3.8, 4) is 0 Å². The van der Waals surface area contributed by atoms with Gasteiger partial charge in [-0.15, -0.1) is 0 Å². The zero-order valence-corrected chi connectivity index (χ0v) is 11.5. The number of hydrogen-bond acceptors (Lipinski definition) is 2. The molecule has 0 atom stereocenters. The minimum Gasteiger partial charge on any atom is -0.298 e. The lowest BCUT2D eigenvalue weighted by Crippen LogP contribution is -2.34. The molecule has 1 aromatic carbocycles. The van der Waals surface area contributed by atoms with Gasteiger partial charge in [0.25, 0.3) is 0 Å². The third kappa shape index (κ3) is 1.90. The lowest BCUT2D eigenvalue weighted by Gasteiger charge is -2.42. The van der Waals surface area contributed by atoms with Crippen LogP contribution in [0.5, 0.6) is 0 Å². The first-order valence-corrected chi connectivity index (χ1v) is 6.41. The third-order valence-electron chi connectivity index (χ3n) is 4.31. The molecule has 0 heterocycles. The van der Waals surface area contributed by atoms with E-state index in [1.165, 1.54) is 11.1 Å². The topological polar surface area (TPSA) is 34.1 Å². The average Bonchev–Trinajstić information content (AvgIpc) is 2.33. The Morgan fingerprint density at radius 1 is 0.833 bits per heavy atom. The second-order valence-corrected chi connectivity index (χ2v) is 6.53. The zero-order chi connectivity index (χ0) is 13.6. The van der Waals surface area contributed by atoms with Gasteiger partial charge in [-0.05, 0) is 46.9 Å². The Hall–Kier alpha value is -1.44. The van der Waals surface area contributed by atoms with Gasteiger partial charge in [0.2, 0.25) is 0 Å². The molecule has 96 valence electrons. The van der Waals surface area contributed by atoms with Gasteiger partial charge in [-0.2, -0.15) is 0 Å². The number of rotatable bonds is 2. The molecule has 0 unspecified atom stereocenters. The molecule has 1 aromatic rings. The maximum Gasteiger partial charge on any atom is 0.150 e. The minimum absolute atomic E-state index is 0.0734. The van der Waals surface area contributed by atoms with Crippen molar-refractivity contribution in [2.75, 3.05) is 0 Å². The Labute approximate surface area is 108 Å². The van der Waals surface area contributed by atoms with Crippen molar-refractivity contribution < 1.29 is 9.59 Å². The highest BCUT2D eigenvalue weighted by atomic mass is 16.1. The Kier molecular flexibility index (Phi) is 2.92. The van der Waals surface area contributed by atoms with Crippen molar-refractivity contribution in [3.05, 3.63) is 34.4 Å². The third-order valence-corrected chi connectivity index (χ3v) is 4.31. The monoisotopic (exact) mass is 244 g/mol. The summed E-state index contributed by atoms with van der Waals surface area (Å²) in [4.78, 5) is 22.2.